The molecule has 1 atom stereocenters. The molecule has 1 N–H and O–H groups in total. The van der Waals surface area contributed by atoms with E-state index in [4.69, 9.17) is 11.6 Å². The third kappa shape index (κ3) is 3.74. The molecule has 3 nitrogen and oxygen atoms in total. The highest BCUT2D eigenvalue weighted by molar-refractivity contribution is 7.10. The molecule has 20 heavy (non-hydrogen) atoms. The lowest BCUT2D eigenvalue weighted by molar-refractivity contribution is -0.139. The molecule has 106 valence electrons. The maximum absolute atomic E-state index is 11.3. The van der Waals surface area contributed by atoms with Gasteiger partial charge in [0.2, 0.25) is 0 Å². The van der Waals surface area contributed by atoms with Crippen LogP contribution < -0.4 is 5.32 Å². The number of esters is 1. The molecule has 0 aliphatic heterocycles. The molecule has 0 radical (unpaired) electrons. The molecule has 0 bridgehead atoms. The molecule has 1 aromatic carbocycles. The summed E-state index contributed by atoms with van der Waals surface area (Å²) in [4.78, 5) is 12.5. The first kappa shape index (κ1) is 14.9. The molecule has 1 heterocycles. The highest BCUT2D eigenvalue weighted by atomic mass is 35.5. The smallest absolute Gasteiger partial charge is 0.310 e. The molecule has 0 saturated carbocycles. The van der Waals surface area contributed by atoms with Gasteiger partial charge in [0.1, 0.15) is 0 Å². The Kier molecular flexibility index (Phi) is 5.04. The van der Waals surface area contributed by atoms with Crippen molar-refractivity contribution in [2.75, 3.05) is 12.4 Å². The SMILES string of the molecule is COC(=O)Cc1ccc(NC(C)c2cccs2)cc1Cl. The molecule has 1 unspecified atom stereocenters. The zero-order valence-electron chi connectivity index (χ0n) is 11.4. The number of methoxy groups -OCH3 is 1. The molecule has 1 aromatic heterocycles. The van der Waals surface area contributed by atoms with Crippen molar-refractivity contribution >= 4 is 34.6 Å². The second-order valence-electron chi connectivity index (χ2n) is 4.44. The van der Waals surface area contributed by atoms with Crippen LogP contribution in [0.1, 0.15) is 23.4 Å². The summed E-state index contributed by atoms with van der Waals surface area (Å²) in [7, 11) is 1.37. The van der Waals surface area contributed by atoms with Crippen molar-refractivity contribution < 1.29 is 9.53 Å². The van der Waals surface area contributed by atoms with E-state index in [2.05, 4.69) is 28.4 Å². The summed E-state index contributed by atoms with van der Waals surface area (Å²) in [6.07, 6.45) is 0.191. The molecular formula is C15H16ClNO2S. The number of nitrogens with one attached hydrogen (secondary N) is 1. The summed E-state index contributed by atoms with van der Waals surface area (Å²) in [5.74, 6) is -0.292. The summed E-state index contributed by atoms with van der Waals surface area (Å²) >= 11 is 7.91. The number of thiophene rings is 1. The average molecular weight is 310 g/mol. The highest BCUT2D eigenvalue weighted by Gasteiger charge is 2.10. The molecule has 0 amide bonds. The molecule has 0 fully saturated rings. The Labute approximate surface area is 127 Å². The molecule has 0 saturated heterocycles. The van der Waals surface area contributed by atoms with Crippen LogP contribution in [0.15, 0.2) is 35.7 Å². The van der Waals surface area contributed by atoms with E-state index in [1.54, 1.807) is 11.3 Å². The van der Waals surface area contributed by atoms with Gasteiger partial charge in [0.05, 0.1) is 19.6 Å². The van der Waals surface area contributed by atoms with Crippen molar-refractivity contribution in [2.45, 2.75) is 19.4 Å². The predicted octanol–water partition coefficient (Wildman–Crippen LogP) is 4.29. The summed E-state index contributed by atoms with van der Waals surface area (Å²) in [6, 6.07) is 9.96. The Hall–Kier alpha value is -1.52. The second kappa shape index (κ2) is 6.77. The second-order valence-corrected chi connectivity index (χ2v) is 5.83. The van der Waals surface area contributed by atoms with Gasteiger partial charge in [-0.15, -0.1) is 11.3 Å². The first-order chi connectivity index (χ1) is 9.60. The van der Waals surface area contributed by atoms with Gasteiger partial charge in [-0.3, -0.25) is 4.79 Å². The van der Waals surface area contributed by atoms with Crippen molar-refractivity contribution in [3.63, 3.8) is 0 Å². The lowest BCUT2D eigenvalue weighted by atomic mass is 10.1. The normalized spacial score (nSPS) is 11.9. The molecule has 2 aromatic rings. The maximum atomic E-state index is 11.3. The van der Waals surface area contributed by atoms with Crippen LogP contribution in [0.3, 0.4) is 0 Å². The summed E-state index contributed by atoms with van der Waals surface area (Å²) in [5, 5.41) is 6.01. The maximum Gasteiger partial charge on any atom is 0.310 e. The van der Waals surface area contributed by atoms with Gasteiger partial charge in [-0.05, 0) is 36.1 Å². The minimum absolute atomic E-state index is 0.191. The van der Waals surface area contributed by atoms with Crippen molar-refractivity contribution in [1.82, 2.24) is 0 Å². The van der Waals surface area contributed by atoms with E-state index in [0.29, 0.717) is 5.02 Å². The van der Waals surface area contributed by atoms with Gasteiger partial charge >= 0.3 is 5.97 Å². The van der Waals surface area contributed by atoms with Crippen LogP contribution in [0.25, 0.3) is 0 Å². The van der Waals surface area contributed by atoms with Crippen molar-refractivity contribution in [2.24, 2.45) is 0 Å². The van der Waals surface area contributed by atoms with Crippen LogP contribution in [0, 0.1) is 0 Å². The average Bonchev–Trinajstić information content (AvgIpc) is 2.95. The van der Waals surface area contributed by atoms with Gasteiger partial charge in [0.15, 0.2) is 0 Å². The number of benzene rings is 1. The number of rotatable bonds is 5. The number of hydrogen-bond donors (Lipinski definition) is 1. The third-order valence-electron chi connectivity index (χ3n) is 2.97. The number of halogens is 1. The molecule has 0 spiro atoms. The van der Waals surface area contributed by atoms with Gasteiger partial charge < -0.3 is 10.1 Å². The molecular weight excluding hydrogens is 294 g/mol. The van der Waals surface area contributed by atoms with E-state index in [1.807, 2.05) is 24.3 Å². The molecule has 2 rings (SSSR count). The summed E-state index contributed by atoms with van der Waals surface area (Å²) in [5.41, 5.74) is 1.71. The predicted molar refractivity (Wildman–Crippen MR) is 83.5 cm³/mol. The summed E-state index contributed by atoms with van der Waals surface area (Å²) < 4.78 is 4.64. The monoisotopic (exact) mass is 309 g/mol. The van der Waals surface area contributed by atoms with Crippen LogP contribution in [0.5, 0.6) is 0 Å². The van der Waals surface area contributed by atoms with Crippen LogP contribution in [0.4, 0.5) is 5.69 Å². The molecule has 0 aliphatic rings. The Morgan fingerprint density at radius 1 is 1.45 bits per heavy atom. The van der Waals surface area contributed by atoms with Gasteiger partial charge in [-0.2, -0.15) is 0 Å². The molecule has 5 heteroatoms. The zero-order valence-corrected chi connectivity index (χ0v) is 12.9. The number of anilines is 1. The van der Waals surface area contributed by atoms with E-state index >= 15 is 0 Å². The van der Waals surface area contributed by atoms with E-state index in [0.717, 1.165) is 11.3 Å². The van der Waals surface area contributed by atoms with Gasteiger partial charge in [0, 0.05) is 15.6 Å². The quantitative estimate of drug-likeness (QED) is 0.837. The number of ether oxygens (including phenoxy) is 1. The van der Waals surface area contributed by atoms with Crippen molar-refractivity contribution in [3.05, 3.63) is 51.2 Å². The molecule has 0 aliphatic carbocycles. The first-order valence-electron chi connectivity index (χ1n) is 6.25. The largest absolute Gasteiger partial charge is 0.469 e. The minimum atomic E-state index is -0.292. The Morgan fingerprint density at radius 3 is 2.85 bits per heavy atom. The summed E-state index contributed by atoms with van der Waals surface area (Å²) in [6.45, 7) is 2.10. The van der Waals surface area contributed by atoms with Crippen molar-refractivity contribution in [3.8, 4) is 0 Å². The van der Waals surface area contributed by atoms with Crippen LogP contribution in [0.2, 0.25) is 5.02 Å². The van der Waals surface area contributed by atoms with Gasteiger partial charge in [-0.25, -0.2) is 0 Å². The lowest BCUT2D eigenvalue weighted by Gasteiger charge is -2.14. The van der Waals surface area contributed by atoms with E-state index in [-0.39, 0.29) is 18.4 Å². The van der Waals surface area contributed by atoms with Gasteiger partial charge in [-0.1, -0.05) is 23.7 Å². The highest BCUT2D eigenvalue weighted by Crippen LogP contribution is 2.26. The van der Waals surface area contributed by atoms with E-state index in [9.17, 15) is 4.79 Å². The lowest BCUT2D eigenvalue weighted by Crippen LogP contribution is -2.07. The fraction of sp³-hybridized carbons (Fsp3) is 0.267. The fourth-order valence-electron chi connectivity index (χ4n) is 1.87. The van der Waals surface area contributed by atoms with Crippen LogP contribution in [-0.4, -0.2) is 13.1 Å². The van der Waals surface area contributed by atoms with E-state index in [1.165, 1.54) is 12.0 Å². The van der Waals surface area contributed by atoms with E-state index < -0.39 is 0 Å². The minimum Gasteiger partial charge on any atom is -0.469 e. The third-order valence-corrected chi connectivity index (χ3v) is 4.38. The standard InChI is InChI=1S/C15H16ClNO2S/c1-10(14-4-3-7-20-14)17-12-6-5-11(13(16)9-12)8-15(18)19-2/h3-7,9-10,17H,8H2,1-2H3. The first-order valence-corrected chi connectivity index (χ1v) is 7.51. The van der Waals surface area contributed by atoms with Gasteiger partial charge in [0.25, 0.3) is 0 Å². The topological polar surface area (TPSA) is 38.3 Å². The van der Waals surface area contributed by atoms with Crippen LogP contribution in [-0.2, 0) is 16.0 Å². The fourth-order valence-corrected chi connectivity index (χ4v) is 2.85. The number of carbonyl (C=O) groups is 1. The Bertz CT molecular complexity index is 584. The number of carbonyl (C=O) groups excluding carboxylic acids is 1. The Balaban J connectivity index is 2.07. The Morgan fingerprint density at radius 2 is 2.25 bits per heavy atom. The van der Waals surface area contributed by atoms with Crippen LogP contribution >= 0.6 is 22.9 Å². The van der Waals surface area contributed by atoms with Crippen molar-refractivity contribution in [1.29, 1.82) is 0 Å². The zero-order chi connectivity index (χ0) is 14.5. The number of hydrogen-bond acceptors (Lipinski definition) is 4.